The van der Waals surface area contributed by atoms with Crippen LogP contribution in [-0.2, 0) is 6.61 Å². The number of benzene rings is 2. The van der Waals surface area contributed by atoms with Crippen LogP contribution in [0.3, 0.4) is 0 Å². The number of methoxy groups -OCH3 is 1. The van der Waals surface area contributed by atoms with E-state index in [0.29, 0.717) is 22.4 Å². The second-order valence-electron chi connectivity index (χ2n) is 5.25. The summed E-state index contributed by atoms with van der Waals surface area (Å²) in [7, 11) is 1.62. The Balaban J connectivity index is 1.94. The van der Waals surface area contributed by atoms with Crippen molar-refractivity contribution in [1.82, 2.24) is 9.78 Å². The lowest BCUT2D eigenvalue weighted by molar-refractivity contribution is 0.299. The number of aromatic nitrogens is 2. The first-order valence-electron chi connectivity index (χ1n) is 7.03. The van der Waals surface area contributed by atoms with E-state index in [0.717, 1.165) is 32.7 Å². The number of fused-ring (bicyclic) bond motifs is 3. The lowest BCUT2D eigenvalue weighted by Gasteiger charge is -2.21. The van der Waals surface area contributed by atoms with Gasteiger partial charge in [0, 0.05) is 27.2 Å². The van der Waals surface area contributed by atoms with Crippen LogP contribution in [-0.4, -0.2) is 16.9 Å². The molecular weight excluding hydrogens is 415 g/mol. The van der Waals surface area contributed by atoms with Crippen molar-refractivity contribution in [1.29, 1.82) is 0 Å². The minimum Gasteiger partial charge on any atom is -0.495 e. The van der Waals surface area contributed by atoms with E-state index in [1.807, 2.05) is 24.3 Å². The SMILES string of the molecule is COc1cc2c(cc1Br)-c1c([c]nn1-c1cc(Cl)cc(Cl)c1)CO2. The van der Waals surface area contributed by atoms with E-state index >= 15 is 0 Å². The molecule has 7 heteroatoms. The summed E-state index contributed by atoms with van der Waals surface area (Å²) >= 11 is 15.8. The molecule has 1 radical (unpaired) electrons. The number of hydrogen-bond acceptors (Lipinski definition) is 3. The molecule has 4 rings (SSSR count). The molecule has 0 unspecified atom stereocenters. The van der Waals surface area contributed by atoms with E-state index in [2.05, 4.69) is 27.2 Å². The fourth-order valence-electron chi connectivity index (χ4n) is 2.71. The van der Waals surface area contributed by atoms with Crippen LogP contribution in [0.1, 0.15) is 5.56 Å². The van der Waals surface area contributed by atoms with Crippen LogP contribution in [0.2, 0.25) is 10.0 Å². The summed E-state index contributed by atoms with van der Waals surface area (Å²) in [4.78, 5) is 0. The van der Waals surface area contributed by atoms with Gasteiger partial charge >= 0.3 is 0 Å². The van der Waals surface area contributed by atoms with Gasteiger partial charge in [-0.2, -0.15) is 5.10 Å². The molecule has 1 aliphatic heterocycles. The third-order valence-electron chi connectivity index (χ3n) is 3.76. The molecule has 0 spiro atoms. The van der Waals surface area contributed by atoms with Gasteiger partial charge < -0.3 is 9.47 Å². The van der Waals surface area contributed by atoms with E-state index in [9.17, 15) is 0 Å². The highest BCUT2D eigenvalue weighted by Crippen LogP contribution is 2.43. The van der Waals surface area contributed by atoms with Crippen LogP contribution in [0.15, 0.2) is 34.8 Å². The number of nitrogens with zero attached hydrogens (tertiary/aromatic N) is 2. The first kappa shape index (κ1) is 15.8. The molecule has 0 saturated heterocycles. The minimum atomic E-state index is 0.390. The Labute approximate surface area is 157 Å². The first-order chi connectivity index (χ1) is 11.6. The van der Waals surface area contributed by atoms with Gasteiger partial charge in [-0.3, -0.25) is 0 Å². The zero-order valence-corrected chi connectivity index (χ0v) is 15.5. The Kier molecular flexibility index (Phi) is 3.95. The Bertz CT molecular complexity index is 936. The van der Waals surface area contributed by atoms with Crippen molar-refractivity contribution in [3.63, 3.8) is 0 Å². The van der Waals surface area contributed by atoms with E-state index in [1.54, 1.807) is 17.9 Å². The molecule has 0 fully saturated rings. The monoisotopic (exact) mass is 423 g/mol. The maximum Gasteiger partial charge on any atom is 0.136 e. The third-order valence-corrected chi connectivity index (χ3v) is 4.81. The van der Waals surface area contributed by atoms with Gasteiger partial charge in [0.25, 0.3) is 0 Å². The zero-order chi connectivity index (χ0) is 16.8. The standard InChI is InChI=1S/C17H10BrCl2N2O2/c1-23-16-6-15-13(5-14(16)18)17-9(8-24-15)7-21-22(17)12-3-10(19)2-11(20)4-12/h2-6H,8H2,1H3. The van der Waals surface area contributed by atoms with Crippen molar-refractivity contribution < 1.29 is 9.47 Å². The molecule has 0 N–H and O–H groups in total. The molecule has 3 aromatic rings. The maximum atomic E-state index is 6.13. The quantitative estimate of drug-likeness (QED) is 0.559. The summed E-state index contributed by atoms with van der Waals surface area (Å²) in [6.45, 7) is 0.390. The number of halogens is 3. The smallest absolute Gasteiger partial charge is 0.136 e. The van der Waals surface area contributed by atoms with Crippen LogP contribution in [0, 0.1) is 6.20 Å². The van der Waals surface area contributed by atoms with Crippen molar-refractivity contribution in [2.45, 2.75) is 6.61 Å². The molecule has 0 amide bonds. The first-order valence-corrected chi connectivity index (χ1v) is 8.58. The Morgan fingerprint density at radius 2 is 1.96 bits per heavy atom. The fraction of sp³-hybridized carbons (Fsp3) is 0.118. The Morgan fingerprint density at radius 1 is 1.21 bits per heavy atom. The summed E-state index contributed by atoms with van der Waals surface area (Å²) in [5.41, 5.74) is 3.44. The zero-order valence-electron chi connectivity index (χ0n) is 12.4. The molecule has 2 heterocycles. The molecule has 0 atom stereocenters. The van der Waals surface area contributed by atoms with Gasteiger partial charge in [0.05, 0.1) is 23.0 Å². The molecule has 0 saturated carbocycles. The number of ether oxygens (including phenoxy) is 2. The Hall–Kier alpha value is -1.69. The van der Waals surface area contributed by atoms with Gasteiger partial charge in [-0.25, -0.2) is 4.68 Å². The van der Waals surface area contributed by atoms with Crippen LogP contribution in [0.4, 0.5) is 0 Å². The molecule has 0 aliphatic carbocycles. The van der Waals surface area contributed by atoms with Crippen molar-refractivity contribution in [3.05, 3.63) is 56.6 Å². The van der Waals surface area contributed by atoms with E-state index in [-0.39, 0.29) is 0 Å². The van der Waals surface area contributed by atoms with Gasteiger partial charge in [-0.1, -0.05) is 23.2 Å². The number of rotatable bonds is 2. The molecule has 1 aliphatic rings. The van der Waals surface area contributed by atoms with E-state index < -0.39 is 0 Å². The van der Waals surface area contributed by atoms with Crippen LogP contribution in [0.25, 0.3) is 16.9 Å². The average molecular weight is 425 g/mol. The maximum absolute atomic E-state index is 6.13. The molecular formula is C17H10BrCl2N2O2. The van der Waals surface area contributed by atoms with Crippen LogP contribution >= 0.6 is 39.1 Å². The van der Waals surface area contributed by atoms with Crippen LogP contribution < -0.4 is 9.47 Å². The average Bonchev–Trinajstić information content (AvgIpc) is 2.98. The summed E-state index contributed by atoms with van der Waals surface area (Å²) < 4.78 is 13.7. The molecule has 24 heavy (non-hydrogen) atoms. The van der Waals surface area contributed by atoms with E-state index in [1.165, 1.54) is 0 Å². The van der Waals surface area contributed by atoms with Crippen molar-refractivity contribution >= 4 is 39.1 Å². The lowest BCUT2D eigenvalue weighted by Crippen LogP contribution is -2.08. The van der Waals surface area contributed by atoms with Crippen molar-refractivity contribution in [2.75, 3.05) is 7.11 Å². The lowest BCUT2D eigenvalue weighted by atomic mass is 10.0. The van der Waals surface area contributed by atoms with Crippen molar-refractivity contribution in [2.24, 2.45) is 0 Å². The second-order valence-corrected chi connectivity index (χ2v) is 6.98. The number of hydrogen-bond donors (Lipinski definition) is 0. The largest absolute Gasteiger partial charge is 0.495 e. The molecule has 1 aromatic heterocycles. The van der Waals surface area contributed by atoms with E-state index in [4.69, 9.17) is 32.7 Å². The van der Waals surface area contributed by atoms with Gasteiger partial charge in [0.2, 0.25) is 0 Å². The predicted octanol–water partition coefficient (Wildman–Crippen LogP) is 5.31. The second kappa shape index (κ2) is 5.99. The molecule has 0 bridgehead atoms. The van der Waals surface area contributed by atoms with Gasteiger partial charge in [-0.05, 0) is 40.2 Å². The predicted molar refractivity (Wildman–Crippen MR) is 96.4 cm³/mol. The van der Waals surface area contributed by atoms with Gasteiger partial charge in [0.1, 0.15) is 24.3 Å². The molecule has 121 valence electrons. The normalized spacial score (nSPS) is 12.3. The summed E-state index contributed by atoms with van der Waals surface area (Å²) in [6, 6.07) is 9.10. The third kappa shape index (κ3) is 2.57. The Morgan fingerprint density at radius 3 is 2.67 bits per heavy atom. The highest BCUT2D eigenvalue weighted by molar-refractivity contribution is 9.10. The topological polar surface area (TPSA) is 36.3 Å². The minimum absolute atomic E-state index is 0.390. The summed E-state index contributed by atoms with van der Waals surface area (Å²) in [5, 5.41) is 5.46. The summed E-state index contributed by atoms with van der Waals surface area (Å²) in [5.74, 6) is 1.43. The van der Waals surface area contributed by atoms with Gasteiger partial charge in [-0.15, -0.1) is 0 Å². The highest BCUT2D eigenvalue weighted by Gasteiger charge is 2.25. The molecule has 4 nitrogen and oxygen atoms in total. The van der Waals surface area contributed by atoms with Gasteiger partial charge in [0.15, 0.2) is 0 Å². The highest BCUT2D eigenvalue weighted by atomic mass is 79.9. The van der Waals surface area contributed by atoms with Crippen LogP contribution in [0.5, 0.6) is 11.5 Å². The summed E-state index contributed by atoms with van der Waals surface area (Å²) in [6.07, 6.45) is 3.01. The fourth-order valence-corrected chi connectivity index (χ4v) is 3.73. The molecule has 2 aromatic carbocycles. The van der Waals surface area contributed by atoms with Crippen molar-refractivity contribution in [3.8, 4) is 28.4 Å².